The third-order valence-electron chi connectivity index (χ3n) is 4.67. The van der Waals surface area contributed by atoms with E-state index < -0.39 is 24.1 Å². The van der Waals surface area contributed by atoms with Crippen molar-refractivity contribution in [3.63, 3.8) is 0 Å². The van der Waals surface area contributed by atoms with Crippen LogP contribution in [0.1, 0.15) is 38.6 Å². The minimum atomic E-state index is -0.815. The molecule has 2 atom stereocenters. The minimum absolute atomic E-state index is 0.0654. The van der Waals surface area contributed by atoms with Gasteiger partial charge < -0.3 is 15.7 Å². The summed E-state index contributed by atoms with van der Waals surface area (Å²) in [5.74, 6) is -0.630. The number of hydrogen-bond donors (Lipinski definition) is 3. The lowest BCUT2D eigenvalue weighted by atomic mass is 9.90. The number of aliphatic hydroxyl groups excluding tert-OH is 1. The smallest absolute Gasteiger partial charge is 0.324 e. The van der Waals surface area contributed by atoms with E-state index in [0.717, 1.165) is 21.8 Å². The molecule has 1 aliphatic rings. The van der Waals surface area contributed by atoms with Gasteiger partial charge in [-0.1, -0.05) is 32.1 Å². The molecule has 2 aromatic heterocycles. The fourth-order valence-corrected chi connectivity index (χ4v) is 4.12. The van der Waals surface area contributed by atoms with Gasteiger partial charge >= 0.3 is 6.03 Å². The zero-order chi connectivity index (χ0) is 20.6. The maximum Gasteiger partial charge on any atom is 0.324 e. The second-order valence-corrected chi connectivity index (χ2v) is 9.00. The molecule has 2 aromatic rings. The van der Waals surface area contributed by atoms with Gasteiger partial charge in [-0.3, -0.25) is 15.1 Å². The van der Waals surface area contributed by atoms with Crippen molar-refractivity contribution in [3.8, 4) is 10.4 Å². The second-order valence-electron chi connectivity index (χ2n) is 8.00. The molecule has 0 radical (unpaired) electrons. The number of aromatic nitrogens is 2. The maximum atomic E-state index is 12.6. The fraction of sp³-hybridized carbons (Fsp3) is 0.474. The summed E-state index contributed by atoms with van der Waals surface area (Å²) in [5.41, 5.74) is 8.02. The highest BCUT2D eigenvalue weighted by molar-refractivity contribution is 7.19. The first kappa shape index (κ1) is 20.2. The van der Waals surface area contributed by atoms with Gasteiger partial charge in [0.25, 0.3) is 0 Å². The van der Waals surface area contributed by atoms with Gasteiger partial charge in [-0.15, -0.1) is 0 Å². The van der Waals surface area contributed by atoms with Crippen molar-refractivity contribution in [2.24, 2.45) is 5.73 Å². The first-order valence-electron chi connectivity index (χ1n) is 9.05. The summed E-state index contributed by atoms with van der Waals surface area (Å²) in [4.78, 5) is 35.2. The van der Waals surface area contributed by atoms with Crippen LogP contribution in [0.25, 0.3) is 10.4 Å². The van der Waals surface area contributed by atoms with Gasteiger partial charge in [0.2, 0.25) is 5.91 Å². The lowest BCUT2D eigenvalue weighted by molar-refractivity contribution is -0.121. The number of aliphatic hydroxyl groups is 1. The van der Waals surface area contributed by atoms with Crippen molar-refractivity contribution in [1.82, 2.24) is 14.9 Å². The lowest BCUT2D eigenvalue weighted by Gasteiger charge is -2.21. The molecule has 0 aliphatic carbocycles. The Morgan fingerprint density at radius 2 is 2.11 bits per heavy atom. The molecule has 0 saturated carbocycles. The number of amides is 3. The highest BCUT2D eigenvalue weighted by atomic mass is 32.1. The summed E-state index contributed by atoms with van der Waals surface area (Å²) in [6.07, 6.45) is 1.16. The molecule has 9 heteroatoms. The Balaban J connectivity index is 1.81. The Labute approximate surface area is 167 Å². The van der Waals surface area contributed by atoms with E-state index in [2.05, 4.69) is 36.1 Å². The summed E-state index contributed by atoms with van der Waals surface area (Å²) in [5, 5.41) is 12.9. The molecule has 0 bridgehead atoms. The molecule has 1 saturated heterocycles. The Kier molecular flexibility index (Phi) is 5.40. The molecule has 0 unspecified atom stereocenters. The van der Waals surface area contributed by atoms with Crippen LogP contribution in [0, 0.1) is 6.92 Å². The van der Waals surface area contributed by atoms with Gasteiger partial charge in [-0.05, 0) is 24.6 Å². The molecule has 3 heterocycles. The van der Waals surface area contributed by atoms with Gasteiger partial charge in [-0.2, -0.15) is 0 Å². The van der Waals surface area contributed by atoms with E-state index in [9.17, 15) is 14.7 Å². The number of carbonyl (C=O) groups is 2. The average molecular weight is 404 g/mol. The third-order valence-corrected chi connectivity index (χ3v) is 5.79. The number of anilines is 1. The number of thiazole rings is 1. The van der Waals surface area contributed by atoms with Crippen molar-refractivity contribution in [2.75, 3.05) is 11.9 Å². The number of urea groups is 1. The molecule has 4 N–H and O–H groups in total. The topological polar surface area (TPSA) is 121 Å². The molecular weight excluding hydrogens is 378 g/mol. The van der Waals surface area contributed by atoms with Crippen LogP contribution < -0.4 is 11.1 Å². The number of rotatable bonds is 3. The summed E-state index contributed by atoms with van der Waals surface area (Å²) in [6.45, 7) is 8.25. The zero-order valence-electron chi connectivity index (χ0n) is 16.4. The van der Waals surface area contributed by atoms with E-state index in [1.165, 1.54) is 16.2 Å². The molecule has 1 aliphatic heterocycles. The maximum absolute atomic E-state index is 12.6. The molecule has 28 heavy (non-hydrogen) atoms. The third kappa shape index (κ3) is 4.15. The number of nitrogens with two attached hydrogens (primary N) is 1. The van der Waals surface area contributed by atoms with Crippen LogP contribution in [0.5, 0.6) is 0 Å². The van der Waals surface area contributed by atoms with E-state index in [1.54, 1.807) is 6.20 Å². The predicted molar refractivity (Wildman–Crippen MR) is 108 cm³/mol. The highest BCUT2D eigenvalue weighted by Crippen LogP contribution is 2.34. The summed E-state index contributed by atoms with van der Waals surface area (Å²) < 4.78 is 0. The van der Waals surface area contributed by atoms with Gasteiger partial charge in [0.05, 0.1) is 16.7 Å². The average Bonchev–Trinajstić information content (AvgIpc) is 3.17. The lowest BCUT2D eigenvalue weighted by Crippen LogP contribution is -2.45. The number of primary amides is 1. The van der Waals surface area contributed by atoms with Crippen molar-refractivity contribution in [2.45, 2.75) is 51.7 Å². The molecule has 3 amide bonds. The normalized spacial score (nSPS) is 19.7. The number of β-amino-alcohol motifs (C(OH)–C–C–N with tert-alkyl or cyclic N) is 1. The van der Waals surface area contributed by atoms with Crippen LogP contribution in [0.3, 0.4) is 0 Å². The molecule has 1 fully saturated rings. The number of nitrogens with zero attached hydrogens (tertiary/aromatic N) is 3. The predicted octanol–water partition coefficient (Wildman–Crippen LogP) is 2.26. The van der Waals surface area contributed by atoms with Crippen molar-refractivity contribution in [1.29, 1.82) is 0 Å². The Morgan fingerprint density at radius 3 is 2.75 bits per heavy atom. The summed E-state index contributed by atoms with van der Waals surface area (Å²) >= 11 is 1.35. The minimum Gasteiger partial charge on any atom is -0.391 e. The van der Waals surface area contributed by atoms with E-state index >= 15 is 0 Å². The van der Waals surface area contributed by atoms with E-state index in [-0.39, 0.29) is 18.4 Å². The second kappa shape index (κ2) is 7.48. The summed E-state index contributed by atoms with van der Waals surface area (Å²) in [6, 6.07) is 2.64. The van der Waals surface area contributed by atoms with Crippen LogP contribution in [-0.4, -0.2) is 50.6 Å². The monoisotopic (exact) mass is 403 g/mol. The van der Waals surface area contributed by atoms with E-state index in [1.807, 2.05) is 19.1 Å². The number of hydrogen-bond acceptors (Lipinski definition) is 6. The number of aryl methyl sites for hydroxylation is 1. The fourth-order valence-electron chi connectivity index (χ4n) is 3.17. The SMILES string of the molecule is Cc1nc(NC(=O)N2C[C@@H](O)C[C@H]2C(N)=O)sc1-c1ccnc(C(C)(C)C)c1. The zero-order valence-corrected chi connectivity index (χ0v) is 17.2. The number of nitrogens with one attached hydrogen (secondary N) is 1. The highest BCUT2D eigenvalue weighted by Gasteiger charge is 2.38. The Bertz CT molecular complexity index is 905. The first-order valence-corrected chi connectivity index (χ1v) is 9.87. The molecule has 0 aromatic carbocycles. The molecule has 3 rings (SSSR count). The van der Waals surface area contributed by atoms with E-state index in [0.29, 0.717) is 5.13 Å². The van der Waals surface area contributed by atoms with Gasteiger partial charge in [0.1, 0.15) is 6.04 Å². The van der Waals surface area contributed by atoms with Crippen LogP contribution in [0.15, 0.2) is 18.3 Å². The number of pyridine rings is 1. The molecular formula is C19H25N5O3S. The van der Waals surface area contributed by atoms with Gasteiger partial charge in [-0.25, -0.2) is 9.78 Å². The van der Waals surface area contributed by atoms with Gasteiger partial charge in [0.15, 0.2) is 5.13 Å². The van der Waals surface area contributed by atoms with Crippen LogP contribution in [-0.2, 0) is 10.2 Å². The standard InChI is InChI=1S/C19H25N5O3S/c1-10-15(11-5-6-21-14(7-11)19(2,3)4)28-17(22-10)23-18(27)24-9-12(25)8-13(24)16(20)26/h5-7,12-13,25H,8-9H2,1-4H3,(H2,20,26)(H,22,23,27)/t12-,13-/m0/s1. The van der Waals surface area contributed by atoms with Crippen molar-refractivity contribution >= 4 is 28.4 Å². The number of carbonyl (C=O) groups excluding carboxylic acids is 2. The largest absolute Gasteiger partial charge is 0.391 e. The Hall–Kier alpha value is -2.52. The van der Waals surface area contributed by atoms with Crippen LogP contribution in [0.4, 0.5) is 9.93 Å². The quantitative estimate of drug-likeness (QED) is 0.726. The van der Waals surface area contributed by atoms with Gasteiger partial charge in [0, 0.05) is 30.3 Å². The number of likely N-dealkylation sites (tertiary alicyclic amines) is 1. The van der Waals surface area contributed by atoms with E-state index in [4.69, 9.17) is 5.73 Å². The molecule has 0 spiro atoms. The van der Waals surface area contributed by atoms with Crippen LogP contribution in [0.2, 0.25) is 0 Å². The van der Waals surface area contributed by atoms with Crippen LogP contribution >= 0.6 is 11.3 Å². The summed E-state index contributed by atoms with van der Waals surface area (Å²) in [7, 11) is 0. The van der Waals surface area contributed by atoms with Crippen molar-refractivity contribution in [3.05, 3.63) is 29.7 Å². The first-order chi connectivity index (χ1) is 13.1. The van der Waals surface area contributed by atoms with Crippen molar-refractivity contribution < 1.29 is 14.7 Å². The molecule has 8 nitrogen and oxygen atoms in total. The molecule has 150 valence electrons. The Morgan fingerprint density at radius 1 is 1.39 bits per heavy atom.